The summed E-state index contributed by atoms with van der Waals surface area (Å²) in [5.41, 5.74) is -0.747. The van der Waals surface area contributed by atoms with E-state index in [1.54, 1.807) is 6.07 Å². The molecule has 1 heterocycles. The second kappa shape index (κ2) is 6.01. The van der Waals surface area contributed by atoms with Crippen molar-refractivity contribution >= 4 is 23.4 Å². The Morgan fingerprint density at radius 2 is 1.74 bits per heavy atom. The normalized spacial score (nSPS) is 20.8. The Balaban J connectivity index is 2.43. The van der Waals surface area contributed by atoms with Gasteiger partial charge in [0.15, 0.2) is 0 Å². The highest BCUT2D eigenvalue weighted by molar-refractivity contribution is 7.86. The molecule has 1 aromatic carbocycles. The molecular weight excluding hydrogens is 322 g/mol. The van der Waals surface area contributed by atoms with Crippen LogP contribution in [0.25, 0.3) is 6.08 Å². The Kier molecular flexibility index (Phi) is 4.74. The van der Waals surface area contributed by atoms with Gasteiger partial charge < -0.3 is 14.4 Å². The number of halogens is 1. The first-order valence-electron chi connectivity index (χ1n) is 7.18. The molecule has 126 valence electrons. The molecule has 1 fully saturated rings. The summed E-state index contributed by atoms with van der Waals surface area (Å²) < 4.78 is 47.5. The van der Waals surface area contributed by atoms with Gasteiger partial charge in [0.25, 0.3) is 0 Å². The molecule has 0 amide bonds. The van der Waals surface area contributed by atoms with Gasteiger partial charge in [-0.3, -0.25) is 0 Å². The minimum absolute atomic E-state index is 0.133. The Morgan fingerprint density at radius 1 is 1.22 bits per heavy atom. The minimum Gasteiger partial charge on any atom is -0.400 e. The van der Waals surface area contributed by atoms with Crippen molar-refractivity contribution in [3.05, 3.63) is 35.3 Å². The molecule has 1 aliphatic heterocycles. The number of benzene rings is 1. The number of aliphatic hydroxyl groups excluding tert-OH is 1. The van der Waals surface area contributed by atoms with Gasteiger partial charge in [0.2, 0.25) is 0 Å². The molecule has 1 N–H and O–H groups in total. The third-order valence-corrected chi connectivity index (χ3v) is 5.16. The molecule has 0 radical (unpaired) electrons. The van der Waals surface area contributed by atoms with Crippen LogP contribution in [0.4, 0.5) is 3.89 Å². The zero-order valence-electron chi connectivity index (χ0n) is 13.5. The zero-order chi connectivity index (χ0) is 17.5. The smallest absolute Gasteiger partial charge is 0.400 e. The first-order chi connectivity index (χ1) is 10.5. The maximum Gasteiger partial charge on any atom is 0.492 e. The molecule has 0 saturated carbocycles. The van der Waals surface area contributed by atoms with Gasteiger partial charge in [0.1, 0.15) is 4.90 Å². The van der Waals surface area contributed by atoms with Crippen LogP contribution < -0.4 is 0 Å². The first kappa shape index (κ1) is 18.1. The van der Waals surface area contributed by atoms with Crippen LogP contribution in [0.3, 0.4) is 0 Å². The topological polar surface area (TPSA) is 72.8 Å². The van der Waals surface area contributed by atoms with Crippen LogP contribution in [-0.4, -0.2) is 38.5 Å². The lowest BCUT2D eigenvalue weighted by Crippen LogP contribution is -2.41. The van der Waals surface area contributed by atoms with Crippen molar-refractivity contribution in [1.82, 2.24) is 0 Å². The van der Waals surface area contributed by atoms with Gasteiger partial charge >= 0.3 is 17.3 Å². The lowest BCUT2D eigenvalue weighted by molar-refractivity contribution is 0.00578. The lowest BCUT2D eigenvalue weighted by atomic mass is 9.77. The van der Waals surface area contributed by atoms with E-state index < -0.39 is 40.0 Å². The molecule has 1 saturated heterocycles. The number of rotatable bonds is 4. The average molecular weight is 342 g/mol. The van der Waals surface area contributed by atoms with Crippen molar-refractivity contribution in [2.45, 2.75) is 43.8 Å². The Labute approximate surface area is 136 Å². The third-order valence-electron chi connectivity index (χ3n) is 4.26. The van der Waals surface area contributed by atoms with Gasteiger partial charge in [0, 0.05) is 0 Å². The highest BCUT2D eigenvalue weighted by atomic mass is 32.3. The zero-order valence-corrected chi connectivity index (χ0v) is 14.4. The summed E-state index contributed by atoms with van der Waals surface area (Å²) in [4.78, 5) is -0.456. The summed E-state index contributed by atoms with van der Waals surface area (Å²) in [5, 5.41) is 9.61. The van der Waals surface area contributed by atoms with Gasteiger partial charge in [-0.2, -0.15) is 8.42 Å². The highest BCUT2D eigenvalue weighted by Gasteiger charge is 2.52. The predicted molar refractivity (Wildman–Crippen MR) is 85.9 cm³/mol. The van der Waals surface area contributed by atoms with Crippen molar-refractivity contribution in [2.24, 2.45) is 0 Å². The van der Waals surface area contributed by atoms with Crippen molar-refractivity contribution < 1.29 is 26.7 Å². The monoisotopic (exact) mass is 342 g/mol. The number of aliphatic hydroxyl groups is 1. The van der Waals surface area contributed by atoms with Crippen molar-refractivity contribution in [1.29, 1.82) is 0 Å². The molecule has 0 unspecified atom stereocenters. The summed E-state index contributed by atoms with van der Waals surface area (Å²) in [6, 6.07) is 5.63. The molecule has 5 nitrogen and oxygen atoms in total. The molecule has 1 aromatic rings. The highest BCUT2D eigenvalue weighted by Crippen LogP contribution is 2.39. The van der Waals surface area contributed by atoms with Gasteiger partial charge in [-0.05, 0) is 44.8 Å². The van der Waals surface area contributed by atoms with Crippen LogP contribution in [0.1, 0.15) is 33.3 Å². The fraction of sp³-hybridized carbons (Fsp3) is 0.467. The molecule has 8 heteroatoms. The number of hydrogen-bond donors (Lipinski definition) is 1. The minimum atomic E-state index is -4.86. The van der Waals surface area contributed by atoms with Crippen molar-refractivity contribution in [3.8, 4) is 0 Å². The maximum atomic E-state index is 13.4. The van der Waals surface area contributed by atoms with E-state index in [4.69, 9.17) is 9.31 Å². The van der Waals surface area contributed by atoms with E-state index in [0.29, 0.717) is 5.47 Å². The number of hydrogen-bond acceptors (Lipinski definition) is 5. The molecule has 0 bridgehead atoms. The van der Waals surface area contributed by atoms with Crippen LogP contribution in [0.15, 0.2) is 34.6 Å². The van der Waals surface area contributed by atoms with Gasteiger partial charge in [-0.15, -0.1) is 3.89 Å². The second-order valence-corrected chi connectivity index (χ2v) is 7.76. The van der Waals surface area contributed by atoms with Crippen molar-refractivity contribution in [2.75, 3.05) is 6.61 Å². The fourth-order valence-electron chi connectivity index (χ4n) is 2.20. The molecule has 0 aliphatic carbocycles. The molecular formula is C15H20BFO5S. The largest absolute Gasteiger partial charge is 0.492 e. The Bertz CT molecular complexity index is 711. The Hall–Kier alpha value is -1.22. The summed E-state index contributed by atoms with van der Waals surface area (Å²) in [5.74, 6) is 0. The van der Waals surface area contributed by atoms with E-state index in [9.17, 15) is 17.4 Å². The van der Waals surface area contributed by atoms with Gasteiger partial charge in [-0.25, -0.2) is 0 Å². The third kappa shape index (κ3) is 3.66. The standard InChI is InChI=1S/C15H20BFO5S/c1-14(2)15(3,4)22-16(21-14)12(10-18)9-11-7-5-6-8-13(11)23(17,19)20/h5-9,18H,10H2,1-4H3. The van der Waals surface area contributed by atoms with Crippen molar-refractivity contribution in [3.63, 3.8) is 0 Å². The van der Waals surface area contributed by atoms with E-state index >= 15 is 0 Å². The molecule has 23 heavy (non-hydrogen) atoms. The second-order valence-electron chi connectivity index (χ2n) is 6.44. The van der Waals surface area contributed by atoms with E-state index in [1.165, 1.54) is 24.3 Å². The van der Waals surface area contributed by atoms with Crippen LogP contribution in [0.2, 0.25) is 0 Å². The summed E-state index contributed by atoms with van der Waals surface area (Å²) in [6.07, 6.45) is 1.38. The summed E-state index contributed by atoms with van der Waals surface area (Å²) >= 11 is 0. The average Bonchev–Trinajstić information content (AvgIpc) is 2.64. The van der Waals surface area contributed by atoms with Gasteiger partial charge in [0.05, 0.1) is 17.8 Å². The van der Waals surface area contributed by atoms with E-state index in [2.05, 4.69) is 0 Å². The van der Waals surface area contributed by atoms with Crippen LogP contribution >= 0.6 is 0 Å². The molecule has 2 rings (SSSR count). The quantitative estimate of drug-likeness (QED) is 0.672. The van der Waals surface area contributed by atoms with Gasteiger partial charge in [-0.1, -0.05) is 24.3 Å². The Morgan fingerprint density at radius 3 is 2.22 bits per heavy atom. The fourth-order valence-corrected chi connectivity index (χ4v) is 2.85. The summed E-state index contributed by atoms with van der Waals surface area (Å²) in [6.45, 7) is 7.05. The van der Waals surface area contributed by atoms with E-state index in [-0.39, 0.29) is 5.56 Å². The molecule has 0 spiro atoms. The summed E-state index contributed by atoms with van der Waals surface area (Å²) in [7, 11) is -5.70. The van der Waals surface area contributed by atoms with Crippen LogP contribution in [0.5, 0.6) is 0 Å². The lowest BCUT2D eigenvalue weighted by Gasteiger charge is -2.32. The molecule has 0 aromatic heterocycles. The van der Waals surface area contributed by atoms with Crippen LogP contribution in [0, 0.1) is 0 Å². The van der Waals surface area contributed by atoms with E-state index in [1.807, 2.05) is 27.7 Å². The van der Waals surface area contributed by atoms with Crippen LogP contribution in [-0.2, 0) is 19.5 Å². The maximum absolute atomic E-state index is 13.4. The first-order valence-corrected chi connectivity index (χ1v) is 8.57. The van der Waals surface area contributed by atoms with E-state index in [0.717, 1.165) is 0 Å². The molecule has 0 atom stereocenters. The SMILES string of the molecule is CC1(C)OB(C(=Cc2ccccc2S(=O)(=O)F)CO)OC1(C)C. The predicted octanol–water partition coefficient (Wildman–Crippen LogP) is 2.35. The molecule has 1 aliphatic rings.